The standard InChI is InChI=1S/C50H37NOS/c1-50(2,3)35-24-19-32(20-25-35)33-21-26-36(27-22-33)51(37-28-29-40-39-13-6-8-16-44(39)52-45(40)31-37)43-30-23-34-11-4-5-12-38(34)48(43)42-15-10-18-47-49(42)41-14-7-9-17-46(41)53-47/h4-31H,1-3H3. The fraction of sp³-hybridized carbons (Fsp3) is 0.0800. The molecule has 0 unspecified atom stereocenters. The Morgan fingerprint density at radius 2 is 1.13 bits per heavy atom. The smallest absolute Gasteiger partial charge is 0.137 e. The number of rotatable bonds is 5. The molecule has 0 N–H and O–H groups in total. The summed E-state index contributed by atoms with van der Waals surface area (Å²) in [6.45, 7) is 6.78. The Balaban J connectivity index is 1.22. The van der Waals surface area contributed by atoms with Crippen LogP contribution in [-0.4, -0.2) is 0 Å². The highest BCUT2D eigenvalue weighted by Gasteiger charge is 2.23. The first-order valence-corrected chi connectivity index (χ1v) is 19.1. The van der Waals surface area contributed by atoms with Gasteiger partial charge in [0.25, 0.3) is 0 Å². The Bertz CT molecular complexity index is 2980. The van der Waals surface area contributed by atoms with Gasteiger partial charge in [-0.1, -0.05) is 136 Å². The van der Waals surface area contributed by atoms with Gasteiger partial charge in [-0.05, 0) is 87.0 Å². The summed E-state index contributed by atoms with van der Waals surface area (Å²) in [7, 11) is 0. The fourth-order valence-corrected chi connectivity index (χ4v) is 9.09. The molecule has 0 spiro atoms. The normalized spacial score (nSPS) is 12.1. The number of thiophene rings is 1. The summed E-state index contributed by atoms with van der Waals surface area (Å²) < 4.78 is 9.07. The van der Waals surface area contributed by atoms with Crippen LogP contribution >= 0.6 is 11.3 Å². The SMILES string of the molecule is CC(C)(C)c1ccc(-c2ccc(N(c3ccc4c(c3)oc3ccccc34)c3ccc4ccccc4c3-c3cccc4sc5ccccc5c34)cc2)cc1. The first-order chi connectivity index (χ1) is 25.9. The van der Waals surface area contributed by atoms with E-state index in [1.165, 1.54) is 58.8 Å². The van der Waals surface area contributed by atoms with Crippen LogP contribution in [0, 0.1) is 0 Å². The summed E-state index contributed by atoms with van der Waals surface area (Å²) in [5, 5.41) is 7.27. The molecule has 0 fully saturated rings. The minimum Gasteiger partial charge on any atom is -0.456 e. The first kappa shape index (κ1) is 31.6. The molecule has 254 valence electrons. The topological polar surface area (TPSA) is 16.4 Å². The molecular weight excluding hydrogens is 663 g/mol. The van der Waals surface area contributed by atoms with Crippen molar-refractivity contribution in [3.63, 3.8) is 0 Å². The number of furan rings is 1. The monoisotopic (exact) mass is 699 g/mol. The Morgan fingerprint density at radius 3 is 1.92 bits per heavy atom. The maximum absolute atomic E-state index is 6.48. The molecule has 3 heteroatoms. The van der Waals surface area contributed by atoms with Gasteiger partial charge < -0.3 is 9.32 Å². The number of hydrogen-bond donors (Lipinski definition) is 0. The van der Waals surface area contributed by atoms with Gasteiger partial charge in [0.15, 0.2) is 0 Å². The van der Waals surface area contributed by atoms with E-state index in [1.54, 1.807) is 0 Å². The molecule has 2 heterocycles. The molecule has 8 aromatic carbocycles. The third kappa shape index (κ3) is 5.31. The van der Waals surface area contributed by atoms with Crippen molar-refractivity contribution in [2.75, 3.05) is 4.90 Å². The molecule has 0 aliphatic carbocycles. The van der Waals surface area contributed by atoms with Crippen molar-refractivity contribution < 1.29 is 4.42 Å². The molecule has 0 bridgehead atoms. The Labute approximate surface area is 313 Å². The maximum atomic E-state index is 6.48. The summed E-state index contributed by atoms with van der Waals surface area (Å²) in [5.74, 6) is 0. The molecule has 0 saturated carbocycles. The van der Waals surface area contributed by atoms with Gasteiger partial charge >= 0.3 is 0 Å². The van der Waals surface area contributed by atoms with Crippen molar-refractivity contribution in [2.45, 2.75) is 26.2 Å². The largest absolute Gasteiger partial charge is 0.456 e. The quantitative estimate of drug-likeness (QED) is 0.178. The van der Waals surface area contributed by atoms with Gasteiger partial charge in [-0.2, -0.15) is 0 Å². The molecule has 0 saturated heterocycles. The van der Waals surface area contributed by atoms with Crippen LogP contribution in [0.3, 0.4) is 0 Å². The van der Waals surface area contributed by atoms with E-state index in [2.05, 4.69) is 183 Å². The second kappa shape index (κ2) is 12.2. The van der Waals surface area contributed by atoms with Gasteiger partial charge in [-0.3, -0.25) is 0 Å². The van der Waals surface area contributed by atoms with E-state index < -0.39 is 0 Å². The van der Waals surface area contributed by atoms with Crippen LogP contribution in [0.2, 0.25) is 0 Å². The fourth-order valence-electron chi connectivity index (χ4n) is 7.96. The van der Waals surface area contributed by atoms with E-state index in [0.717, 1.165) is 39.0 Å². The average Bonchev–Trinajstić information content (AvgIpc) is 3.76. The molecule has 10 rings (SSSR count). The van der Waals surface area contributed by atoms with Gasteiger partial charge in [0.05, 0.1) is 5.69 Å². The second-order valence-corrected chi connectivity index (χ2v) is 16.0. The van der Waals surface area contributed by atoms with E-state index >= 15 is 0 Å². The van der Waals surface area contributed by atoms with Crippen molar-refractivity contribution in [1.82, 2.24) is 0 Å². The third-order valence-electron chi connectivity index (χ3n) is 10.7. The Kier molecular flexibility index (Phi) is 7.28. The summed E-state index contributed by atoms with van der Waals surface area (Å²) in [6, 6.07) is 61.9. The van der Waals surface area contributed by atoms with Gasteiger partial charge in [0.2, 0.25) is 0 Å². The molecule has 53 heavy (non-hydrogen) atoms. The van der Waals surface area contributed by atoms with Crippen LogP contribution in [0.4, 0.5) is 17.1 Å². The van der Waals surface area contributed by atoms with Crippen LogP contribution in [0.25, 0.3) is 75.1 Å². The highest BCUT2D eigenvalue weighted by molar-refractivity contribution is 7.25. The number of benzene rings is 8. The van der Waals surface area contributed by atoms with Crippen molar-refractivity contribution >= 4 is 81.3 Å². The number of para-hydroxylation sites is 1. The second-order valence-electron chi connectivity index (χ2n) is 14.9. The first-order valence-electron chi connectivity index (χ1n) is 18.3. The number of anilines is 3. The van der Waals surface area contributed by atoms with Gasteiger partial charge in [0.1, 0.15) is 11.2 Å². The average molecular weight is 700 g/mol. The summed E-state index contributed by atoms with van der Waals surface area (Å²) in [4.78, 5) is 2.41. The van der Waals surface area contributed by atoms with Crippen molar-refractivity contribution in [2.24, 2.45) is 0 Å². The predicted octanol–water partition coefficient (Wildman–Crippen LogP) is 15.2. The van der Waals surface area contributed by atoms with Crippen molar-refractivity contribution in [1.29, 1.82) is 0 Å². The van der Waals surface area contributed by atoms with Crippen LogP contribution in [-0.2, 0) is 5.41 Å². The molecule has 10 aromatic rings. The van der Waals surface area contributed by atoms with E-state index in [0.29, 0.717) is 0 Å². The maximum Gasteiger partial charge on any atom is 0.137 e. The lowest BCUT2D eigenvalue weighted by molar-refractivity contribution is 0.590. The molecule has 0 amide bonds. The van der Waals surface area contributed by atoms with Crippen LogP contribution in [0.5, 0.6) is 0 Å². The van der Waals surface area contributed by atoms with Gasteiger partial charge in [-0.25, -0.2) is 0 Å². The highest BCUT2D eigenvalue weighted by atomic mass is 32.1. The third-order valence-corrected chi connectivity index (χ3v) is 11.8. The summed E-state index contributed by atoms with van der Waals surface area (Å²) >= 11 is 1.86. The molecular formula is C50H37NOS. The van der Waals surface area contributed by atoms with E-state index in [4.69, 9.17) is 4.42 Å². The van der Waals surface area contributed by atoms with Crippen LogP contribution in [0.1, 0.15) is 26.3 Å². The highest BCUT2D eigenvalue weighted by Crippen LogP contribution is 2.49. The lowest BCUT2D eigenvalue weighted by Crippen LogP contribution is -2.11. The summed E-state index contributed by atoms with van der Waals surface area (Å²) in [6.07, 6.45) is 0. The molecule has 2 nitrogen and oxygen atoms in total. The minimum atomic E-state index is 0.112. The number of fused-ring (bicyclic) bond motifs is 7. The predicted molar refractivity (Wildman–Crippen MR) is 228 cm³/mol. The lowest BCUT2D eigenvalue weighted by Gasteiger charge is -2.29. The molecule has 0 atom stereocenters. The molecule has 0 aliphatic rings. The Morgan fingerprint density at radius 1 is 0.491 bits per heavy atom. The molecule has 2 aromatic heterocycles. The lowest BCUT2D eigenvalue weighted by atomic mass is 9.86. The van der Waals surface area contributed by atoms with Crippen molar-refractivity contribution in [3.8, 4) is 22.3 Å². The number of nitrogens with zero attached hydrogens (tertiary/aromatic N) is 1. The molecule has 0 aliphatic heterocycles. The van der Waals surface area contributed by atoms with E-state index in [-0.39, 0.29) is 5.41 Å². The van der Waals surface area contributed by atoms with Gasteiger partial charge in [0, 0.05) is 53.9 Å². The zero-order valence-corrected chi connectivity index (χ0v) is 30.7. The minimum absolute atomic E-state index is 0.112. The van der Waals surface area contributed by atoms with Crippen molar-refractivity contribution in [3.05, 3.63) is 175 Å². The van der Waals surface area contributed by atoms with E-state index in [1.807, 2.05) is 23.5 Å². The van der Waals surface area contributed by atoms with Crippen LogP contribution in [0.15, 0.2) is 174 Å². The number of hydrogen-bond acceptors (Lipinski definition) is 3. The zero-order valence-electron chi connectivity index (χ0n) is 29.9. The van der Waals surface area contributed by atoms with E-state index in [9.17, 15) is 0 Å². The Hall–Kier alpha value is -6.16. The summed E-state index contributed by atoms with van der Waals surface area (Å²) in [5.41, 5.74) is 11.3. The molecule has 0 radical (unpaired) electrons. The van der Waals surface area contributed by atoms with Crippen LogP contribution < -0.4 is 4.90 Å². The van der Waals surface area contributed by atoms with Gasteiger partial charge in [-0.15, -0.1) is 11.3 Å². The zero-order chi connectivity index (χ0) is 35.7.